The van der Waals surface area contributed by atoms with Crippen molar-refractivity contribution in [3.8, 4) is 0 Å². The average molecular weight is 309 g/mol. The number of benzene rings is 2. The van der Waals surface area contributed by atoms with E-state index in [1.54, 1.807) is 24.3 Å². The number of rotatable bonds is 5. The van der Waals surface area contributed by atoms with Crippen molar-refractivity contribution in [1.29, 1.82) is 0 Å². The number of nitrogens with one attached hydrogen (secondary N) is 2. The van der Waals surface area contributed by atoms with Crippen LogP contribution < -0.4 is 16.4 Å². The van der Waals surface area contributed by atoms with Gasteiger partial charge in [-0.2, -0.15) is 0 Å². The van der Waals surface area contributed by atoms with Crippen LogP contribution in [0.25, 0.3) is 0 Å². The van der Waals surface area contributed by atoms with Crippen molar-refractivity contribution in [3.05, 3.63) is 65.2 Å². The first kappa shape index (κ1) is 15.1. The van der Waals surface area contributed by atoms with E-state index in [1.165, 1.54) is 18.4 Å². The summed E-state index contributed by atoms with van der Waals surface area (Å²) < 4.78 is 0. The van der Waals surface area contributed by atoms with Gasteiger partial charge in [-0.25, -0.2) is 4.79 Å². The van der Waals surface area contributed by atoms with Crippen molar-refractivity contribution < 1.29 is 9.59 Å². The van der Waals surface area contributed by atoms with Gasteiger partial charge in [-0.1, -0.05) is 30.3 Å². The predicted molar refractivity (Wildman–Crippen MR) is 89.2 cm³/mol. The molecule has 118 valence electrons. The molecule has 0 bridgehead atoms. The quantitative estimate of drug-likeness (QED) is 0.793. The molecule has 1 aliphatic rings. The molecular formula is C18H19N3O2. The minimum absolute atomic E-state index is 0.190. The van der Waals surface area contributed by atoms with Crippen LogP contribution in [0.5, 0.6) is 0 Å². The van der Waals surface area contributed by atoms with Crippen LogP contribution in [0.1, 0.15) is 40.2 Å². The molecule has 0 atom stereocenters. The van der Waals surface area contributed by atoms with Crippen molar-refractivity contribution in [1.82, 2.24) is 5.32 Å². The molecule has 2 aromatic rings. The minimum Gasteiger partial charge on any atom is -0.351 e. The van der Waals surface area contributed by atoms with Crippen molar-refractivity contribution >= 4 is 17.6 Å². The van der Waals surface area contributed by atoms with Crippen molar-refractivity contribution in [2.45, 2.75) is 25.3 Å². The molecule has 0 heterocycles. The van der Waals surface area contributed by atoms with E-state index < -0.39 is 6.03 Å². The van der Waals surface area contributed by atoms with E-state index in [0.29, 0.717) is 17.8 Å². The van der Waals surface area contributed by atoms with Crippen LogP contribution >= 0.6 is 0 Å². The van der Waals surface area contributed by atoms with Crippen LogP contribution in [0.4, 0.5) is 10.5 Å². The Morgan fingerprint density at radius 3 is 2.48 bits per heavy atom. The van der Waals surface area contributed by atoms with Gasteiger partial charge in [0.2, 0.25) is 0 Å². The number of anilines is 1. The highest BCUT2D eigenvalue weighted by molar-refractivity contribution is 5.96. The zero-order chi connectivity index (χ0) is 16.2. The van der Waals surface area contributed by atoms with Crippen molar-refractivity contribution in [2.75, 3.05) is 5.32 Å². The van der Waals surface area contributed by atoms with E-state index in [1.807, 2.05) is 0 Å². The predicted octanol–water partition coefficient (Wildman–Crippen LogP) is 2.98. The summed E-state index contributed by atoms with van der Waals surface area (Å²) in [5.41, 5.74) is 8.49. The average Bonchev–Trinajstić information content (AvgIpc) is 3.37. The summed E-state index contributed by atoms with van der Waals surface area (Å²) in [5, 5.41) is 5.33. The number of primary amides is 1. The Balaban J connectivity index is 1.59. The zero-order valence-corrected chi connectivity index (χ0v) is 12.7. The maximum Gasteiger partial charge on any atom is 0.316 e. The summed E-state index contributed by atoms with van der Waals surface area (Å²) in [6, 6.07) is 14.4. The largest absolute Gasteiger partial charge is 0.351 e. The van der Waals surface area contributed by atoms with Crippen LogP contribution in [0.15, 0.2) is 48.5 Å². The Morgan fingerprint density at radius 1 is 1.09 bits per heavy atom. The second-order valence-corrected chi connectivity index (χ2v) is 5.77. The maximum atomic E-state index is 12.2. The summed E-state index contributed by atoms with van der Waals surface area (Å²) in [5.74, 6) is 0.545. The Hall–Kier alpha value is -2.82. The monoisotopic (exact) mass is 309 g/mol. The van der Waals surface area contributed by atoms with Gasteiger partial charge in [0.05, 0.1) is 0 Å². The highest BCUT2D eigenvalue weighted by Gasteiger charge is 2.22. The molecule has 0 spiro atoms. The number of nitrogens with two attached hydrogens (primary N) is 1. The molecule has 1 aliphatic carbocycles. The van der Waals surface area contributed by atoms with E-state index in [4.69, 9.17) is 5.73 Å². The van der Waals surface area contributed by atoms with Gasteiger partial charge < -0.3 is 16.4 Å². The van der Waals surface area contributed by atoms with Gasteiger partial charge in [-0.15, -0.1) is 0 Å². The minimum atomic E-state index is -0.654. The van der Waals surface area contributed by atoms with Crippen LogP contribution in [-0.2, 0) is 6.54 Å². The second-order valence-electron chi connectivity index (χ2n) is 5.77. The summed E-state index contributed by atoms with van der Waals surface area (Å²) in [4.78, 5) is 23.0. The lowest BCUT2D eigenvalue weighted by Crippen LogP contribution is -2.23. The molecule has 4 N–H and O–H groups in total. The third-order valence-corrected chi connectivity index (χ3v) is 3.87. The third kappa shape index (κ3) is 4.10. The SMILES string of the molecule is NC(=O)Nc1cccc(C(=O)NCc2ccc(C3CC3)cc2)c1. The maximum absolute atomic E-state index is 12.2. The molecular weight excluding hydrogens is 290 g/mol. The first-order valence-electron chi connectivity index (χ1n) is 7.65. The molecule has 0 radical (unpaired) electrons. The molecule has 0 aromatic heterocycles. The second kappa shape index (κ2) is 6.52. The Morgan fingerprint density at radius 2 is 1.83 bits per heavy atom. The Kier molecular flexibility index (Phi) is 4.28. The van der Waals surface area contributed by atoms with Gasteiger partial charge >= 0.3 is 6.03 Å². The van der Waals surface area contributed by atoms with Gasteiger partial charge in [0, 0.05) is 17.8 Å². The summed E-state index contributed by atoms with van der Waals surface area (Å²) in [6.07, 6.45) is 2.57. The molecule has 5 nitrogen and oxygen atoms in total. The van der Waals surface area contributed by atoms with E-state index in [2.05, 4.69) is 34.9 Å². The number of urea groups is 1. The smallest absolute Gasteiger partial charge is 0.316 e. The lowest BCUT2D eigenvalue weighted by Gasteiger charge is -2.08. The molecule has 0 unspecified atom stereocenters. The van der Waals surface area contributed by atoms with Crippen LogP contribution in [0, 0.1) is 0 Å². The molecule has 3 rings (SSSR count). The van der Waals surface area contributed by atoms with Gasteiger partial charge in [-0.3, -0.25) is 4.79 Å². The van der Waals surface area contributed by atoms with E-state index in [9.17, 15) is 9.59 Å². The summed E-state index contributed by atoms with van der Waals surface area (Å²) >= 11 is 0. The summed E-state index contributed by atoms with van der Waals surface area (Å²) in [7, 11) is 0. The number of hydrogen-bond donors (Lipinski definition) is 3. The fraction of sp³-hybridized carbons (Fsp3) is 0.222. The van der Waals surface area contributed by atoms with E-state index in [0.717, 1.165) is 11.5 Å². The first-order chi connectivity index (χ1) is 11.1. The lowest BCUT2D eigenvalue weighted by molar-refractivity contribution is 0.0951. The van der Waals surface area contributed by atoms with Gasteiger partial charge in [-0.05, 0) is 48.1 Å². The number of hydrogen-bond acceptors (Lipinski definition) is 2. The third-order valence-electron chi connectivity index (χ3n) is 3.87. The topological polar surface area (TPSA) is 84.2 Å². The standard InChI is InChI=1S/C18H19N3O2/c19-18(23)21-16-3-1-2-15(10-16)17(22)20-11-12-4-6-13(7-5-12)14-8-9-14/h1-7,10,14H,8-9,11H2,(H,20,22)(H3,19,21,23). The van der Waals surface area contributed by atoms with Gasteiger partial charge in [0.15, 0.2) is 0 Å². The molecule has 3 amide bonds. The number of carbonyl (C=O) groups excluding carboxylic acids is 2. The fourth-order valence-electron chi connectivity index (χ4n) is 2.49. The molecule has 0 saturated heterocycles. The van der Waals surface area contributed by atoms with Crippen LogP contribution in [-0.4, -0.2) is 11.9 Å². The van der Waals surface area contributed by atoms with E-state index >= 15 is 0 Å². The Bertz CT molecular complexity index is 721. The molecule has 5 heteroatoms. The lowest BCUT2D eigenvalue weighted by atomic mass is 10.1. The molecule has 1 fully saturated rings. The molecule has 1 saturated carbocycles. The highest BCUT2D eigenvalue weighted by atomic mass is 16.2. The van der Waals surface area contributed by atoms with Crippen molar-refractivity contribution in [3.63, 3.8) is 0 Å². The normalized spacial score (nSPS) is 13.4. The number of amides is 3. The van der Waals surface area contributed by atoms with Crippen molar-refractivity contribution in [2.24, 2.45) is 5.73 Å². The van der Waals surface area contributed by atoms with Crippen LogP contribution in [0.3, 0.4) is 0 Å². The zero-order valence-electron chi connectivity index (χ0n) is 12.7. The highest BCUT2D eigenvalue weighted by Crippen LogP contribution is 2.39. The molecule has 23 heavy (non-hydrogen) atoms. The molecule has 2 aromatic carbocycles. The fourth-order valence-corrected chi connectivity index (χ4v) is 2.49. The van der Waals surface area contributed by atoms with Gasteiger partial charge in [0.25, 0.3) is 5.91 Å². The number of carbonyl (C=O) groups is 2. The van der Waals surface area contributed by atoms with E-state index in [-0.39, 0.29) is 5.91 Å². The van der Waals surface area contributed by atoms with Crippen LogP contribution in [0.2, 0.25) is 0 Å². The molecule has 0 aliphatic heterocycles. The Labute approximate surface area is 134 Å². The summed E-state index contributed by atoms with van der Waals surface area (Å²) in [6.45, 7) is 0.469. The van der Waals surface area contributed by atoms with Gasteiger partial charge in [0.1, 0.15) is 0 Å². The first-order valence-corrected chi connectivity index (χ1v) is 7.65.